The first-order valence-corrected chi connectivity index (χ1v) is 6.99. The smallest absolute Gasteiger partial charge is 0.256 e. The van der Waals surface area contributed by atoms with Crippen LogP contribution in [0.5, 0.6) is 0 Å². The number of benzene rings is 2. The van der Waals surface area contributed by atoms with Crippen molar-refractivity contribution in [2.24, 2.45) is 0 Å². The second-order valence-corrected chi connectivity index (χ2v) is 5.46. The first-order valence-electron chi connectivity index (χ1n) is 6.61. The molecular formula is C17H11ClN2O. The molecule has 0 aliphatic carbocycles. The summed E-state index contributed by atoms with van der Waals surface area (Å²) < 4.78 is 0. The fraction of sp³-hybridized carbons (Fsp3) is 0. The molecule has 0 spiro atoms. The van der Waals surface area contributed by atoms with Crippen molar-refractivity contribution in [3.8, 4) is 0 Å². The quantitative estimate of drug-likeness (QED) is 0.645. The fourth-order valence-electron chi connectivity index (χ4n) is 2.64. The third kappa shape index (κ3) is 2.03. The number of aromatic nitrogens is 1. The maximum atomic E-state index is 12.1. The molecular weight excluding hydrogens is 284 g/mol. The minimum Gasteiger partial charge on any atom is -0.361 e. The van der Waals surface area contributed by atoms with Gasteiger partial charge >= 0.3 is 0 Å². The number of amides is 1. The molecule has 4 rings (SSSR count). The largest absolute Gasteiger partial charge is 0.361 e. The van der Waals surface area contributed by atoms with Crippen molar-refractivity contribution in [3.05, 3.63) is 64.8 Å². The lowest BCUT2D eigenvalue weighted by atomic mass is 10.0. The van der Waals surface area contributed by atoms with E-state index in [2.05, 4.69) is 16.4 Å². The molecule has 2 heterocycles. The lowest BCUT2D eigenvalue weighted by molar-refractivity contribution is -0.110. The van der Waals surface area contributed by atoms with Crippen LogP contribution in [0.25, 0.3) is 22.6 Å². The van der Waals surface area contributed by atoms with Gasteiger partial charge in [0.05, 0.1) is 5.69 Å². The van der Waals surface area contributed by atoms with Crippen molar-refractivity contribution in [3.63, 3.8) is 0 Å². The molecule has 0 saturated carbocycles. The van der Waals surface area contributed by atoms with Crippen LogP contribution in [0.3, 0.4) is 0 Å². The van der Waals surface area contributed by atoms with Gasteiger partial charge in [-0.3, -0.25) is 4.79 Å². The fourth-order valence-corrected chi connectivity index (χ4v) is 2.81. The van der Waals surface area contributed by atoms with E-state index in [0.29, 0.717) is 10.6 Å². The molecule has 0 unspecified atom stereocenters. The van der Waals surface area contributed by atoms with Crippen LogP contribution < -0.4 is 5.32 Å². The highest BCUT2D eigenvalue weighted by Gasteiger charge is 2.23. The Labute approximate surface area is 126 Å². The summed E-state index contributed by atoms with van der Waals surface area (Å²) in [6.07, 6.45) is 3.81. The maximum Gasteiger partial charge on any atom is 0.256 e. The Kier molecular flexibility index (Phi) is 2.62. The van der Waals surface area contributed by atoms with E-state index < -0.39 is 0 Å². The Morgan fingerprint density at radius 1 is 1.05 bits per heavy atom. The molecule has 0 radical (unpaired) electrons. The number of nitrogens with one attached hydrogen (secondary N) is 2. The molecule has 102 valence electrons. The zero-order chi connectivity index (χ0) is 14.4. The van der Waals surface area contributed by atoms with Gasteiger partial charge in [-0.2, -0.15) is 0 Å². The summed E-state index contributed by atoms with van der Waals surface area (Å²) in [6, 6.07) is 13.5. The molecule has 1 aromatic heterocycles. The van der Waals surface area contributed by atoms with E-state index in [1.165, 1.54) is 0 Å². The van der Waals surface area contributed by atoms with Crippen molar-refractivity contribution in [2.45, 2.75) is 0 Å². The molecule has 3 aromatic rings. The number of carbonyl (C=O) groups is 1. The number of hydrogen-bond acceptors (Lipinski definition) is 1. The van der Waals surface area contributed by atoms with Gasteiger partial charge in [0.2, 0.25) is 0 Å². The number of anilines is 1. The van der Waals surface area contributed by atoms with Gasteiger partial charge in [-0.25, -0.2) is 0 Å². The topological polar surface area (TPSA) is 44.9 Å². The predicted octanol–water partition coefficient (Wildman–Crippen LogP) is 4.31. The van der Waals surface area contributed by atoms with Crippen LogP contribution in [0, 0.1) is 0 Å². The van der Waals surface area contributed by atoms with Gasteiger partial charge in [0.15, 0.2) is 0 Å². The van der Waals surface area contributed by atoms with E-state index >= 15 is 0 Å². The van der Waals surface area contributed by atoms with Crippen LogP contribution in [-0.2, 0) is 4.79 Å². The van der Waals surface area contributed by atoms with E-state index in [-0.39, 0.29) is 5.91 Å². The maximum absolute atomic E-state index is 12.1. The second-order valence-electron chi connectivity index (χ2n) is 5.03. The van der Waals surface area contributed by atoms with Gasteiger partial charge in [-0.15, -0.1) is 0 Å². The van der Waals surface area contributed by atoms with Crippen LogP contribution in [0.2, 0.25) is 5.02 Å². The van der Waals surface area contributed by atoms with Gasteiger partial charge < -0.3 is 10.3 Å². The highest BCUT2D eigenvalue weighted by molar-refractivity contribution is 6.36. The van der Waals surface area contributed by atoms with Crippen LogP contribution in [0.1, 0.15) is 11.1 Å². The third-order valence-electron chi connectivity index (χ3n) is 3.65. The molecule has 0 fully saturated rings. The molecule has 1 aliphatic heterocycles. The van der Waals surface area contributed by atoms with Gasteiger partial charge in [0.1, 0.15) is 0 Å². The highest BCUT2D eigenvalue weighted by Crippen LogP contribution is 2.35. The summed E-state index contributed by atoms with van der Waals surface area (Å²) >= 11 is 5.96. The summed E-state index contributed by atoms with van der Waals surface area (Å²) in [7, 11) is 0. The Morgan fingerprint density at radius 3 is 2.86 bits per heavy atom. The third-order valence-corrected chi connectivity index (χ3v) is 3.89. The number of aromatic amines is 1. The Hall–Kier alpha value is -2.52. The average molecular weight is 295 g/mol. The molecule has 3 nitrogen and oxygen atoms in total. The number of rotatable bonds is 1. The van der Waals surface area contributed by atoms with Crippen molar-refractivity contribution in [1.82, 2.24) is 4.98 Å². The molecule has 2 N–H and O–H groups in total. The van der Waals surface area contributed by atoms with Gasteiger partial charge in [0, 0.05) is 27.9 Å². The second kappa shape index (κ2) is 4.50. The van der Waals surface area contributed by atoms with Crippen LogP contribution in [-0.4, -0.2) is 10.9 Å². The van der Waals surface area contributed by atoms with Crippen molar-refractivity contribution in [1.29, 1.82) is 0 Å². The van der Waals surface area contributed by atoms with Gasteiger partial charge in [-0.05, 0) is 47.4 Å². The zero-order valence-electron chi connectivity index (χ0n) is 11.0. The van der Waals surface area contributed by atoms with Crippen LogP contribution in [0.4, 0.5) is 5.69 Å². The van der Waals surface area contributed by atoms with Gasteiger partial charge in [-0.1, -0.05) is 23.7 Å². The minimum atomic E-state index is -0.0959. The molecule has 4 heteroatoms. The predicted molar refractivity (Wildman–Crippen MR) is 86.3 cm³/mol. The van der Waals surface area contributed by atoms with Gasteiger partial charge in [0.25, 0.3) is 5.91 Å². The number of carbonyl (C=O) groups excluding carboxylic acids is 1. The lowest BCUT2D eigenvalue weighted by Gasteiger charge is -2.00. The summed E-state index contributed by atoms with van der Waals surface area (Å²) in [5, 5.41) is 4.58. The SMILES string of the molecule is O=C1Nc2cc(Cl)ccc2/C1=C/c1ccc2[nH]ccc2c1. The number of fused-ring (bicyclic) bond motifs is 2. The highest BCUT2D eigenvalue weighted by atomic mass is 35.5. The van der Waals surface area contributed by atoms with E-state index in [4.69, 9.17) is 11.6 Å². The minimum absolute atomic E-state index is 0.0959. The molecule has 0 bridgehead atoms. The van der Waals surface area contributed by atoms with Crippen LogP contribution >= 0.6 is 11.6 Å². The van der Waals surface area contributed by atoms with Crippen molar-refractivity contribution < 1.29 is 4.79 Å². The first kappa shape index (κ1) is 12.2. The zero-order valence-corrected chi connectivity index (χ0v) is 11.7. The Balaban J connectivity index is 1.84. The number of H-pyrrole nitrogens is 1. The van der Waals surface area contributed by atoms with Crippen molar-refractivity contribution >= 4 is 45.7 Å². The standard InChI is InChI=1S/C17H11ClN2O/c18-12-2-3-13-14(17(21)20-16(13)9-12)8-10-1-4-15-11(7-10)5-6-19-15/h1-9,19H,(H,20,21)/b14-8-. The summed E-state index contributed by atoms with van der Waals surface area (Å²) in [4.78, 5) is 15.3. The summed E-state index contributed by atoms with van der Waals surface area (Å²) in [6.45, 7) is 0. The van der Waals surface area contributed by atoms with Crippen LogP contribution in [0.15, 0.2) is 48.7 Å². The molecule has 0 atom stereocenters. The number of halogens is 1. The van der Waals surface area contributed by atoms with Crippen molar-refractivity contribution in [2.75, 3.05) is 5.32 Å². The first-order chi connectivity index (χ1) is 10.2. The van der Waals surface area contributed by atoms with E-state index in [9.17, 15) is 4.79 Å². The monoisotopic (exact) mass is 294 g/mol. The van der Waals surface area contributed by atoms with E-state index in [1.54, 1.807) is 12.1 Å². The molecule has 21 heavy (non-hydrogen) atoms. The molecule has 1 aliphatic rings. The summed E-state index contributed by atoms with van der Waals surface area (Å²) in [5.74, 6) is -0.0959. The number of hydrogen-bond donors (Lipinski definition) is 2. The molecule has 2 aromatic carbocycles. The normalized spacial score (nSPS) is 15.5. The van der Waals surface area contributed by atoms with E-state index in [0.717, 1.165) is 27.7 Å². The molecule has 0 saturated heterocycles. The van der Waals surface area contributed by atoms with E-state index in [1.807, 2.05) is 36.5 Å². The summed E-state index contributed by atoms with van der Waals surface area (Å²) in [5.41, 5.74) is 4.40. The average Bonchev–Trinajstić information content (AvgIpc) is 3.03. The lowest BCUT2D eigenvalue weighted by Crippen LogP contribution is -2.03. The molecule has 1 amide bonds. The Bertz CT molecular complexity index is 908. The Morgan fingerprint density at radius 2 is 1.95 bits per heavy atom.